The van der Waals surface area contributed by atoms with Crippen LogP contribution in [0.4, 0.5) is 0 Å². The number of rotatable bonds is 3. The molecule has 88 valence electrons. The topological polar surface area (TPSA) is 59.4 Å². The normalized spacial score (nSPS) is 25.6. The van der Waals surface area contributed by atoms with E-state index < -0.39 is 11.4 Å². The molecule has 2 heterocycles. The zero-order chi connectivity index (χ0) is 11.6. The summed E-state index contributed by atoms with van der Waals surface area (Å²) in [5, 5.41) is 10.3. The van der Waals surface area contributed by atoms with Crippen LogP contribution in [0.5, 0.6) is 0 Å². The summed E-state index contributed by atoms with van der Waals surface area (Å²) in [7, 11) is 0. The monoisotopic (exact) mass is 241 g/mol. The van der Waals surface area contributed by atoms with Crippen molar-refractivity contribution in [2.45, 2.75) is 26.2 Å². The predicted molar refractivity (Wildman–Crippen MR) is 60.7 cm³/mol. The van der Waals surface area contributed by atoms with Gasteiger partial charge in [0.15, 0.2) is 0 Å². The van der Waals surface area contributed by atoms with Gasteiger partial charge < -0.3 is 9.84 Å². The Labute approximate surface area is 98.3 Å². The Balaban J connectivity index is 2.16. The summed E-state index contributed by atoms with van der Waals surface area (Å²) in [6.07, 6.45) is 3.83. The number of nitrogens with zero attached hydrogens (tertiary/aromatic N) is 1. The molecule has 5 heteroatoms. The number of aliphatic carboxylic acids is 1. The average Bonchev–Trinajstić information content (AvgIpc) is 2.65. The molecule has 0 radical (unpaired) electrons. The Kier molecular flexibility index (Phi) is 3.25. The standard InChI is InChI=1S/C11H15NO3S/c1-8-12-6-9(16-8)5-11(10(13)14)3-2-4-15-7-11/h6H,2-5,7H2,1H3,(H,13,14). The van der Waals surface area contributed by atoms with E-state index in [9.17, 15) is 9.90 Å². The highest BCUT2D eigenvalue weighted by Gasteiger charge is 2.41. The third-order valence-electron chi connectivity index (χ3n) is 2.96. The van der Waals surface area contributed by atoms with Gasteiger partial charge in [0.1, 0.15) is 0 Å². The first kappa shape index (κ1) is 11.5. The smallest absolute Gasteiger partial charge is 0.312 e. The van der Waals surface area contributed by atoms with Gasteiger partial charge in [-0.1, -0.05) is 0 Å². The molecule has 1 aromatic rings. The van der Waals surface area contributed by atoms with E-state index in [4.69, 9.17) is 4.74 Å². The molecule has 0 spiro atoms. The lowest BCUT2D eigenvalue weighted by atomic mass is 9.79. The molecule has 0 aliphatic carbocycles. The van der Waals surface area contributed by atoms with Gasteiger partial charge in [-0.05, 0) is 19.8 Å². The van der Waals surface area contributed by atoms with Gasteiger partial charge in [-0.2, -0.15) is 0 Å². The number of ether oxygens (including phenoxy) is 1. The summed E-state index contributed by atoms with van der Waals surface area (Å²) in [6, 6.07) is 0. The van der Waals surface area contributed by atoms with Crippen LogP contribution in [0, 0.1) is 12.3 Å². The number of aromatic nitrogens is 1. The summed E-state index contributed by atoms with van der Waals surface area (Å²) in [5.41, 5.74) is -0.739. The summed E-state index contributed by atoms with van der Waals surface area (Å²) in [5.74, 6) is -0.752. The maximum absolute atomic E-state index is 11.4. The van der Waals surface area contributed by atoms with E-state index >= 15 is 0 Å². The number of thiazole rings is 1. The fourth-order valence-corrected chi connectivity index (χ4v) is 3.00. The van der Waals surface area contributed by atoms with E-state index in [2.05, 4.69) is 4.98 Å². The van der Waals surface area contributed by atoms with Crippen molar-refractivity contribution in [1.29, 1.82) is 0 Å². The fourth-order valence-electron chi connectivity index (χ4n) is 2.06. The average molecular weight is 241 g/mol. The number of carboxylic acids is 1. The lowest BCUT2D eigenvalue weighted by Crippen LogP contribution is -2.41. The maximum atomic E-state index is 11.4. The van der Waals surface area contributed by atoms with E-state index in [-0.39, 0.29) is 0 Å². The quantitative estimate of drug-likeness (QED) is 0.877. The summed E-state index contributed by atoms with van der Waals surface area (Å²) < 4.78 is 5.33. The molecular weight excluding hydrogens is 226 g/mol. The minimum Gasteiger partial charge on any atom is -0.481 e. The van der Waals surface area contributed by atoms with Crippen molar-refractivity contribution in [3.63, 3.8) is 0 Å². The van der Waals surface area contributed by atoms with Crippen LogP contribution >= 0.6 is 11.3 Å². The Hall–Kier alpha value is -0.940. The first-order valence-corrected chi connectivity index (χ1v) is 6.16. The van der Waals surface area contributed by atoms with E-state index in [1.165, 1.54) is 0 Å². The summed E-state index contributed by atoms with van der Waals surface area (Å²) >= 11 is 1.57. The Morgan fingerprint density at radius 2 is 2.56 bits per heavy atom. The van der Waals surface area contributed by atoms with Crippen LogP contribution in [0.2, 0.25) is 0 Å². The molecule has 1 saturated heterocycles. The first-order valence-electron chi connectivity index (χ1n) is 5.35. The Bertz CT molecular complexity index is 382. The highest BCUT2D eigenvalue weighted by Crippen LogP contribution is 2.34. The van der Waals surface area contributed by atoms with Gasteiger partial charge in [0.25, 0.3) is 0 Å². The van der Waals surface area contributed by atoms with Gasteiger partial charge in [-0.3, -0.25) is 4.79 Å². The fraction of sp³-hybridized carbons (Fsp3) is 0.636. The molecule has 1 N–H and O–H groups in total. The van der Waals surface area contributed by atoms with Crippen LogP contribution in [-0.4, -0.2) is 29.3 Å². The molecular formula is C11H15NO3S. The SMILES string of the molecule is Cc1ncc(CC2(C(=O)O)CCCOC2)s1. The minimum atomic E-state index is -0.752. The number of hydrogen-bond acceptors (Lipinski definition) is 4. The lowest BCUT2D eigenvalue weighted by molar-refractivity contribution is -0.157. The van der Waals surface area contributed by atoms with Crippen LogP contribution < -0.4 is 0 Å². The number of carbonyl (C=O) groups is 1. The van der Waals surface area contributed by atoms with Crippen molar-refractivity contribution in [3.05, 3.63) is 16.1 Å². The first-order chi connectivity index (χ1) is 7.62. The molecule has 1 unspecified atom stereocenters. The molecule has 1 fully saturated rings. The summed E-state index contributed by atoms with van der Waals surface area (Å²) in [6.45, 7) is 2.93. The largest absolute Gasteiger partial charge is 0.481 e. The molecule has 0 amide bonds. The van der Waals surface area contributed by atoms with Gasteiger partial charge in [-0.25, -0.2) is 4.98 Å². The predicted octanol–water partition coefficient (Wildman–Crippen LogP) is 1.88. The van der Waals surface area contributed by atoms with Crippen molar-refractivity contribution < 1.29 is 14.6 Å². The zero-order valence-electron chi connectivity index (χ0n) is 9.23. The van der Waals surface area contributed by atoms with Crippen molar-refractivity contribution in [2.75, 3.05) is 13.2 Å². The van der Waals surface area contributed by atoms with Crippen LogP contribution in [0.3, 0.4) is 0 Å². The molecule has 2 rings (SSSR count). The molecule has 0 bridgehead atoms. The number of hydrogen-bond donors (Lipinski definition) is 1. The second-order valence-corrected chi connectivity index (χ2v) is 5.58. The van der Waals surface area contributed by atoms with Crippen LogP contribution in [0.15, 0.2) is 6.20 Å². The van der Waals surface area contributed by atoms with Gasteiger partial charge in [-0.15, -0.1) is 11.3 Å². The summed E-state index contributed by atoms with van der Waals surface area (Å²) in [4.78, 5) is 16.6. The van der Waals surface area contributed by atoms with Crippen molar-refractivity contribution in [2.24, 2.45) is 5.41 Å². The molecule has 1 aliphatic rings. The molecule has 0 saturated carbocycles. The molecule has 1 aromatic heterocycles. The van der Waals surface area contributed by atoms with Gasteiger partial charge >= 0.3 is 5.97 Å². The van der Waals surface area contributed by atoms with Gasteiger partial charge in [0.2, 0.25) is 0 Å². The molecule has 1 atom stereocenters. The molecule has 16 heavy (non-hydrogen) atoms. The third kappa shape index (κ3) is 2.25. The lowest BCUT2D eigenvalue weighted by Gasteiger charge is -2.32. The van der Waals surface area contributed by atoms with Crippen molar-refractivity contribution in [3.8, 4) is 0 Å². The van der Waals surface area contributed by atoms with Crippen LogP contribution in [0.25, 0.3) is 0 Å². The van der Waals surface area contributed by atoms with E-state index in [0.29, 0.717) is 26.1 Å². The van der Waals surface area contributed by atoms with Crippen molar-refractivity contribution >= 4 is 17.3 Å². The Morgan fingerprint density at radius 1 is 1.75 bits per heavy atom. The van der Waals surface area contributed by atoms with Crippen LogP contribution in [0.1, 0.15) is 22.7 Å². The zero-order valence-corrected chi connectivity index (χ0v) is 10.0. The maximum Gasteiger partial charge on any atom is 0.312 e. The molecule has 1 aliphatic heterocycles. The third-order valence-corrected chi connectivity index (χ3v) is 3.87. The van der Waals surface area contributed by atoms with E-state index in [1.807, 2.05) is 6.92 Å². The Morgan fingerprint density at radius 3 is 3.06 bits per heavy atom. The van der Waals surface area contributed by atoms with Crippen molar-refractivity contribution in [1.82, 2.24) is 4.98 Å². The second-order valence-electron chi connectivity index (χ2n) is 4.26. The second kappa shape index (κ2) is 4.51. The highest BCUT2D eigenvalue weighted by atomic mass is 32.1. The molecule has 4 nitrogen and oxygen atoms in total. The van der Waals surface area contributed by atoms with E-state index in [0.717, 1.165) is 16.3 Å². The molecule has 0 aromatic carbocycles. The number of carboxylic acid groups (broad SMARTS) is 1. The van der Waals surface area contributed by atoms with Gasteiger partial charge in [0.05, 0.1) is 17.0 Å². The minimum absolute atomic E-state index is 0.319. The van der Waals surface area contributed by atoms with Crippen LogP contribution in [-0.2, 0) is 16.0 Å². The van der Waals surface area contributed by atoms with E-state index in [1.54, 1.807) is 17.5 Å². The highest BCUT2D eigenvalue weighted by molar-refractivity contribution is 7.11. The number of aryl methyl sites for hydroxylation is 1. The van der Waals surface area contributed by atoms with Gasteiger partial charge in [0, 0.05) is 24.1 Å².